The van der Waals surface area contributed by atoms with Gasteiger partial charge in [-0.3, -0.25) is 0 Å². The quantitative estimate of drug-likeness (QED) is 0.682. The highest BCUT2D eigenvalue weighted by atomic mass is 19.1. The second-order valence-electron chi connectivity index (χ2n) is 4.83. The third kappa shape index (κ3) is 3.24. The highest BCUT2D eigenvalue weighted by Crippen LogP contribution is 2.39. The van der Waals surface area contributed by atoms with Crippen molar-refractivity contribution < 1.29 is 18.7 Å². The largest absolute Gasteiger partial charge is 0.458 e. The summed E-state index contributed by atoms with van der Waals surface area (Å²) >= 11 is 0. The number of nitrogens with two attached hydrogens (primary N) is 1. The van der Waals surface area contributed by atoms with Crippen molar-refractivity contribution in [3.63, 3.8) is 0 Å². The maximum Gasteiger partial charge on any atom is 0.338 e. The van der Waals surface area contributed by atoms with Gasteiger partial charge in [0.2, 0.25) is 5.88 Å². The molecular formula is C17H15FN2O3. The van der Waals surface area contributed by atoms with Crippen LogP contribution in [0.3, 0.4) is 0 Å². The molecule has 1 aliphatic rings. The number of halogens is 1. The number of rotatable bonds is 4. The molecule has 0 amide bonds. The van der Waals surface area contributed by atoms with E-state index in [0.717, 1.165) is 0 Å². The molecule has 0 aromatic heterocycles. The van der Waals surface area contributed by atoms with Crippen LogP contribution in [-0.4, -0.2) is 12.6 Å². The summed E-state index contributed by atoms with van der Waals surface area (Å²) in [7, 11) is 0. The Hall–Kier alpha value is -3.07. The number of hydrogen-bond donors (Lipinski definition) is 1. The minimum atomic E-state index is -0.772. The summed E-state index contributed by atoms with van der Waals surface area (Å²) < 4.78 is 23.5. The number of carbonyl (C=O) groups excluding carboxylic acids is 1. The van der Waals surface area contributed by atoms with Crippen molar-refractivity contribution in [3.05, 3.63) is 71.1 Å². The first kappa shape index (κ1) is 16.3. The fourth-order valence-corrected chi connectivity index (χ4v) is 2.35. The number of nitrogens with zero attached hydrogens (tertiary/aromatic N) is 1. The Bertz CT molecular complexity index is 742. The Balaban J connectivity index is 2.54. The lowest BCUT2D eigenvalue weighted by Crippen LogP contribution is -2.25. The van der Waals surface area contributed by atoms with Crippen LogP contribution in [0, 0.1) is 17.1 Å². The molecule has 1 atom stereocenters. The van der Waals surface area contributed by atoms with Gasteiger partial charge in [0.25, 0.3) is 0 Å². The van der Waals surface area contributed by atoms with Gasteiger partial charge in [-0.25, -0.2) is 9.18 Å². The van der Waals surface area contributed by atoms with Gasteiger partial charge < -0.3 is 15.2 Å². The van der Waals surface area contributed by atoms with E-state index in [9.17, 15) is 14.4 Å². The number of carbonyl (C=O) groups is 1. The second kappa shape index (κ2) is 6.79. The van der Waals surface area contributed by atoms with Crippen LogP contribution in [-0.2, 0) is 14.3 Å². The van der Waals surface area contributed by atoms with E-state index in [1.165, 1.54) is 30.3 Å². The topological polar surface area (TPSA) is 85.3 Å². The molecule has 1 aromatic rings. The maximum atomic E-state index is 13.2. The van der Waals surface area contributed by atoms with E-state index in [1.807, 2.05) is 6.07 Å². The molecule has 6 heteroatoms. The normalized spacial score (nSPS) is 17.3. The van der Waals surface area contributed by atoms with E-state index in [4.69, 9.17) is 15.2 Å². The van der Waals surface area contributed by atoms with Crippen LogP contribution in [0.2, 0.25) is 0 Å². The van der Waals surface area contributed by atoms with Gasteiger partial charge in [0.1, 0.15) is 29.8 Å². The van der Waals surface area contributed by atoms with Gasteiger partial charge in [-0.05, 0) is 24.6 Å². The Kier molecular flexibility index (Phi) is 4.82. The molecule has 1 aliphatic heterocycles. The molecule has 0 fully saturated rings. The van der Waals surface area contributed by atoms with E-state index in [1.54, 1.807) is 6.92 Å². The number of ether oxygens (including phenoxy) is 2. The molecule has 2 N–H and O–H groups in total. The first-order valence-electron chi connectivity index (χ1n) is 6.81. The molecule has 0 saturated heterocycles. The van der Waals surface area contributed by atoms with Crippen LogP contribution in [0.15, 0.2) is 59.7 Å². The monoisotopic (exact) mass is 314 g/mol. The molecule has 118 valence electrons. The molecule has 1 heterocycles. The van der Waals surface area contributed by atoms with Gasteiger partial charge in [-0.1, -0.05) is 24.8 Å². The van der Waals surface area contributed by atoms with Crippen molar-refractivity contribution in [1.82, 2.24) is 0 Å². The van der Waals surface area contributed by atoms with Crippen molar-refractivity contribution in [2.45, 2.75) is 12.8 Å². The van der Waals surface area contributed by atoms with Crippen molar-refractivity contribution in [3.8, 4) is 6.07 Å². The smallest absolute Gasteiger partial charge is 0.338 e. The van der Waals surface area contributed by atoms with Gasteiger partial charge in [0, 0.05) is 0 Å². The van der Waals surface area contributed by atoms with Crippen molar-refractivity contribution in [2.75, 3.05) is 6.61 Å². The molecule has 0 unspecified atom stereocenters. The summed E-state index contributed by atoms with van der Waals surface area (Å²) in [6.45, 7) is 5.06. The van der Waals surface area contributed by atoms with Crippen LogP contribution < -0.4 is 5.73 Å². The minimum Gasteiger partial charge on any atom is -0.458 e. The average molecular weight is 314 g/mol. The summed E-state index contributed by atoms with van der Waals surface area (Å²) in [6.07, 6.45) is 1.43. The van der Waals surface area contributed by atoms with Gasteiger partial charge in [0.15, 0.2) is 0 Å². The van der Waals surface area contributed by atoms with E-state index in [0.29, 0.717) is 5.56 Å². The average Bonchev–Trinajstić information content (AvgIpc) is 2.52. The second-order valence-corrected chi connectivity index (χ2v) is 4.83. The number of nitriles is 1. The maximum absolute atomic E-state index is 13.2. The lowest BCUT2D eigenvalue weighted by molar-refractivity contribution is -0.138. The molecule has 0 spiro atoms. The third-order valence-corrected chi connectivity index (χ3v) is 3.36. The molecule has 0 radical (unpaired) electrons. The highest BCUT2D eigenvalue weighted by Gasteiger charge is 2.36. The van der Waals surface area contributed by atoms with Gasteiger partial charge in [-0.2, -0.15) is 5.26 Å². The van der Waals surface area contributed by atoms with Crippen LogP contribution in [0.4, 0.5) is 4.39 Å². The molecule has 0 saturated carbocycles. The summed E-state index contributed by atoms with van der Waals surface area (Å²) in [4.78, 5) is 12.3. The van der Waals surface area contributed by atoms with Crippen LogP contribution in [0.25, 0.3) is 0 Å². The number of allylic oxidation sites excluding steroid dienone is 2. The third-order valence-electron chi connectivity index (χ3n) is 3.36. The van der Waals surface area contributed by atoms with E-state index >= 15 is 0 Å². The fraction of sp³-hybridized carbons (Fsp3) is 0.176. The lowest BCUT2D eigenvalue weighted by Gasteiger charge is -2.26. The molecular weight excluding hydrogens is 299 g/mol. The summed E-state index contributed by atoms with van der Waals surface area (Å²) in [5.74, 6) is -1.68. The fourth-order valence-electron chi connectivity index (χ4n) is 2.35. The van der Waals surface area contributed by atoms with E-state index in [-0.39, 0.29) is 29.4 Å². The van der Waals surface area contributed by atoms with Crippen molar-refractivity contribution in [2.24, 2.45) is 5.73 Å². The Labute approximate surface area is 133 Å². The number of hydrogen-bond acceptors (Lipinski definition) is 5. The zero-order chi connectivity index (χ0) is 17.0. The van der Waals surface area contributed by atoms with E-state index < -0.39 is 17.7 Å². The van der Waals surface area contributed by atoms with Crippen molar-refractivity contribution in [1.29, 1.82) is 5.26 Å². The number of esters is 1. The minimum absolute atomic E-state index is 0.0207. The Morgan fingerprint density at radius 3 is 2.74 bits per heavy atom. The standard InChI is InChI=1S/C17H15FN2O3/c1-3-8-22-17(21)14-10(2)23-16(20)13(9-19)15(14)11-4-6-12(18)7-5-11/h3-7,15H,1,8,20H2,2H3/t15-/m1/s1. The molecule has 0 bridgehead atoms. The molecule has 2 rings (SSSR count). The molecule has 1 aromatic carbocycles. The van der Waals surface area contributed by atoms with Crippen LogP contribution in [0.1, 0.15) is 18.4 Å². The summed E-state index contributed by atoms with van der Waals surface area (Å²) in [5, 5.41) is 9.38. The Morgan fingerprint density at radius 1 is 1.52 bits per heavy atom. The van der Waals surface area contributed by atoms with Crippen LogP contribution >= 0.6 is 0 Å². The lowest BCUT2D eigenvalue weighted by atomic mass is 9.83. The van der Waals surface area contributed by atoms with Gasteiger partial charge >= 0.3 is 5.97 Å². The zero-order valence-corrected chi connectivity index (χ0v) is 12.5. The molecule has 5 nitrogen and oxygen atoms in total. The summed E-state index contributed by atoms with van der Waals surface area (Å²) in [5.41, 5.74) is 6.53. The molecule has 23 heavy (non-hydrogen) atoms. The van der Waals surface area contributed by atoms with E-state index in [2.05, 4.69) is 6.58 Å². The SMILES string of the molecule is C=CCOC(=O)C1=C(C)OC(N)=C(C#N)[C@H]1c1ccc(F)cc1. The van der Waals surface area contributed by atoms with Gasteiger partial charge in [-0.15, -0.1) is 0 Å². The first-order valence-corrected chi connectivity index (χ1v) is 6.81. The first-order chi connectivity index (χ1) is 11.0. The van der Waals surface area contributed by atoms with Crippen LogP contribution in [0.5, 0.6) is 0 Å². The predicted octanol–water partition coefficient (Wildman–Crippen LogP) is 2.64. The molecule has 0 aliphatic carbocycles. The number of benzene rings is 1. The Morgan fingerprint density at radius 2 is 2.17 bits per heavy atom. The zero-order valence-electron chi connectivity index (χ0n) is 12.5. The van der Waals surface area contributed by atoms with Gasteiger partial charge in [0.05, 0.1) is 11.5 Å². The summed E-state index contributed by atoms with van der Waals surface area (Å²) in [6, 6.07) is 7.43. The highest BCUT2D eigenvalue weighted by molar-refractivity contribution is 5.92. The van der Waals surface area contributed by atoms with Crippen molar-refractivity contribution >= 4 is 5.97 Å². The predicted molar refractivity (Wildman–Crippen MR) is 80.9 cm³/mol.